The number of nitrogen functional groups attached to an aromatic ring is 1. The summed E-state index contributed by atoms with van der Waals surface area (Å²) in [6, 6.07) is 3.29. The van der Waals surface area contributed by atoms with Gasteiger partial charge in [-0.05, 0) is 19.3 Å². The molecule has 1 heterocycles. The van der Waals surface area contributed by atoms with Gasteiger partial charge in [-0.15, -0.1) is 12.4 Å². The molecule has 0 aromatic heterocycles. The van der Waals surface area contributed by atoms with Gasteiger partial charge in [0.05, 0.1) is 11.4 Å². The van der Waals surface area contributed by atoms with Gasteiger partial charge in [-0.1, -0.05) is 13.8 Å². The van der Waals surface area contributed by atoms with Crippen LogP contribution in [0.5, 0.6) is 11.5 Å². The van der Waals surface area contributed by atoms with Crippen LogP contribution in [-0.4, -0.2) is 36.6 Å². The molecule has 0 spiro atoms. The lowest BCUT2D eigenvalue weighted by molar-refractivity contribution is -0.131. The van der Waals surface area contributed by atoms with Crippen molar-refractivity contribution in [2.75, 3.05) is 30.9 Å². The van der Waals surface area contributed by atoms with E-state index in [4.69, 9.17) is 15.2 Å². The van der Waals surface area contributed by atoms with E-state index in [0.717, 1.165) is 25.9 Å². The first-order valence-electron chi connectivity index (χ1n) is 8.81. The van der Waals surface area contributed by atoms with Crippen molar-refractivity contribution in [2.45, 2.75) is 46.0 Å². The first kappa shape index (κ1) is 21.9. The van der Waals surface area contributed by atoms with Crippen LogP contribution in [0.25, 0.3) is 0 Å². The molecular formula is C18H28ClN3O4. The van der Waals surface area contributed by atoms with Gasteiger partial charge in [0.1, 0.15) is 0 Å². The zero-order chi connectivity index (χ0) is 18.2. The molecule has 1 aromatic rings. The lowest BCUT2D eigenvalue weighted by Crippen LogP contribution is -2.32. The maximum absolute atomic E-state index is 12.2. The molecule has 0 radical (unpaired) electrons. The van der Waals surface area contributed by atoms with E-state index in [-0.39, 0.29) is 37.4 Å². The highest BCUT2D eigenvalue weighted by Gasteiger charge is 2.17. The first-order chi connectivity index (χ1) is 12.0. The molecule has 1 aliphatic rings. The van der Waals surface area contributed by atoms with E-state index < -0.39 is 0 Å². The van der Waals surface area contributed by atoms with Crippen LogP contribution < -0.4 is 20.5 Å². The summed E-state index contributed by atoms with van der Waals surface area (Å²) < 4.78 is 10.5. The highest BCUT2D eigenvalue weighted by Crippen LogP contribution is 2.38. The molecule has 0 bridgehead atoms. The molecule has 26 heavy (non-hydrogen) atoms. The van der Waals surface area contributed by atoms with Crippen LogP contribution in [-0.2, 0) is 9.59 Å². The maximum atomic E-state index is 12.2. The Kier molecular flexibility index (Phi) is 9.05. The molecule has 1 aliphatic heterocycles. The molecule has 2 amide bonds. The number of anilines is 2. The second kappa shape index (κ2) is 10.8. The minimum Gasteiger partial charge on any atom is -0.454 e. The van der Waals surface area contributed by atoms with E-state index >= 15 is 0 Å². The molecule has 2 rings (SSSR count). The Labute approximate surface area is 160 Å². The molecule has 146 valence electrons. The van der Waals surface area contributed by atoms with Crippen LogP contribution in [0, 0.1) is 0 Å². The fourth-order valence-corrected chi connectivity index (χ4v) is 2.74. The van der Waals surface area contributed by atoms with Crippen LogP contribution in [0.4, 0.5) is 11.4 Å². The Hall–Kier alpha value is -2.15. The molecule has 8 heteroatoms. The number of carbonyl (C=O) groups excluding carboxylic acids is 2. The van der Waals surface area contributed by atoms with Gasteiger partial charge in [-0.25, -0.2) is 0 Å². The summed E-state index contributed by atoms with van der Waals surface area (Å²) >= 11 is 0. The van der Waals surface area contributed by atoms with Gasteiger partial charge in [0.25, 0.3) is 0 Å². The monoisotopic (exact) mass is 385 g/mol. The topological polar surface area (TPSA) is 93.9 Å². The number of amides is 2. The van der Waals surface area contributed by atoms with Crippen LogP contribution in [0.1, 0.15) is 46.0 Å². The lowest BCUT2D eigenvalue weighted by Gasteiger charge is -2.21. The van der Waals surface area contributed by atoms with Gasteiger partial charge in [-0.2, -0.15) is 0 Å². The van der Waals surface area contributed by atoms with Gasteiger partial charge in [0, 0.05) is 38.1 Å². The number of nitrogens with one attached hydrogen (secondary N) is 1. The number of rotatable bonds is 9. The van der Waals surface area contributed by atoms with Crippen molar-refractivity contribution in [3.63, 3.8) is 0 Å². The summed E-state index contributed by atoms with van der Waals surface area (Å²) in [5, 5.41) is 2.77. The van der Waals surface area contributed by atoms with Crippen molar-refractivity contribution in [3.8, 4) is 11.5 Å². The van der Waals surface area contributed by atoms with E-state index in [0.29, 0.717) is 35.7 Å². The Morgan fingerprint density at radius 2 is 1.73 bits per heavy atom. The second-order valence-corrected chi connectivity index (χ2v) is 6.08. The average Bonchev–Trinajstić information content (AvgIpc) is 3.02. The Morgan fingerprint density at radius 3 is 2.35 bits per heavy atom. The molecule has 1 aromatic carbocycles. The number of nitrogens with two attached hydrogens (primary N) is 1. The van der Waals surface area contributed by atoms with Gasteiger partial charge >= 0.3 is 0 Å². The number of carbonyl (C=O) groups is 2. The van der Waals surface area contributed by atoms with Gasteiger partial charge in [-0.3, -0.25) is 9.59 Å². The van der Waals surface area contributed by atoms with E-state index in [2.05, 4.69) is 19.2 Å². The van der Waals surface area contributed by atoms with Gasteiger partial charge in [0.2, 0.25) is 18.6 Å². The van der Waals surface area contributed by atoms with Crippen LogP contribution in [0.3, 0.4) is 0 Å². The van der Waals surface area contributed by atoms with Crippen LogP contribution in [0.2, 0.25) is 0 Å². The molecule has 0 fully saturated rings. The first-order valence-corrected chi connectivity index (χ1v) is 8.81. The number of fused-ring (bicyclic) bond motifs is 1. The minimum atomic E-state index is -0.170. The van der Waals surface area contributed by atoms with Crippen molar-refractivity contribution < 1.29 is 19.1 Å². The summed E-state index contributed by atoms with van der Waals surface area (Å²) in [7, 11) is 0. The van der Waals surface area contributed by atoms with E-state index in [1.807, 2.05) is 4.90 Å². The summed E-state index contributed by atoms with van der Waals surface area (Å²) in [5.41, 5.74) is 6.84. The number of nitrogens with zero attached hydrogens (tertiary/aromatic N) is 1. The smallest absolute Gasteiger partial charge is 0.231 e. The quantitative estimate of drug-likeness (QED) is 0.636. The molecule has 0 atom stereocenters. The Morgan fingerprint density at radius 1 is 1.12 bits per heavy atom. The van der Waals surface area contributed by atoms with Crippen molar-refractivity contribution in [3.05, 3.63) is 12.1 Å². The molecule has 0 saturated carbocycles. The predicted molar refractivity (Wildman–Crippen MR) is 104 cm³/mol. The fraction of sp³-hybridized carbons (Fsp3) is 0.556. The second-order valence-electron chi connectivity index (χ2n) is 6.08. The zero-order valence-electron chi connectivity index (χ0n) is 15.4. The molecule has 0 saturated heterocycles. The fourth-order valence-electron chi connectivity index (χ4n) is 2.74. The highest BCUT2D eigenvalue weighted by atomic mass is 35.5. The van der Waals surface area contributed by atoms with Crippen LogP contribution in [0.15, 0.2) is 12.1 Å². The van der Waals surface area contributed by atoms with Crippen molar-refractivity contribution >= 4 is 35.6 Å². The Balaban J connectivity index is 0.00000338. The van der Waals surface area contributed by atoms with Crippen molar-refractivity contribution in [1.82, 2.24) is 4.90 Å². The highest BCUT2D eigenvalue weighted by molar-refractivity contribution is 5.94. The normalized spacial score (nSPS) is 11.6. The molecular weight excluding hydrogens is 358 g/mol. The summed E-state index contributed by atoms with van der Waals surface area (Å²) in [6.45, 7) is 5.80. The van der Waals surface area contributed by atoms with Gasteiger partial charge in [0.15, 0.2) is 11.5 Å². The zero-order valence-corrected chi connectivity index (χ0v) is 16.2. The standard InChI is InChI=1S/C18H27N3O4.ClH/c1-3-8-21(9-4-2)18(23)7-5-6-17(22)20-14-11-16-15(10-13(14)19)24-12-25-16;/h10-11H,3-9,12,19H2,1-2H3,(H,20,22);1H. The molecule has 7 nitrogen and oxygen atoms in total. The third-order valence-electron chi connectivity index (χ3n) is 3.95. The largest absolute Gasteiger partial charge is 0.454 e. The summed E-state index contributed by atoms with van der Waals surface area (Å²) in [6.07, 6.45) is 3.04. The van der Waals surface area contributed by atoms with Crippen molar-refractivity contribution in [1.29, 1.82) is 0 Å². The average molecular weight is 386 g/mol. The molecule has 0 unspecified atom stereocenters. The summed E-state index contributed by atoms with van der Waals surface area (Å²) in [5.74, 6) is 1.08. The number of halogens is 1. The molecule has 0 aliphatic carbocycles. The summed E-state index contributed by atoms with van der Waals surface area (Å²) in [4.78, 5) is 26.2. The van der Waals surface area contributed by atoms with E-state index in [1.54, 1.807) is 12.1 Å². The van der Waals surface area contributed by atoms with Crippen LogP contribution >= 0.6 is 12.4 Å². The van der Waals surface area contributed by atoms with E-state index in [1.165, 1.54) is 0 Å². The van der Waals surface area contributed by atoms with Gasteiger partial charge < -0.3 is 25.4 Å². The van der Waals surface area contributed by atoms with Crippen molar-refractivity contribution in [2.24, 2.45) is 0 Å². The van der Waals surface area contributed by atoms with E-state index in [9.17, 15) is 9.59 Å². The Bertz CT molecular complexity index is 619. The molecule has 3 N–H and O–H groups in total. The number of ether oxygens (including phenoxy) is 2. The number of hydrogen-bond donors (Lipinski definition) is 2. The SMILES string of the molecule is CCCN(CCC)C(=O)CCCC(=O)Nc1cc2c(cc1N)OCO2.Cl. The number of hydrogen-bond acceptors (Lipinski definition) is 5. The minimum absolute atomic E-state index is 0. The lowest BCUT2D eigenvalue weighted by atomic mass is 10.2. The predicted octanol–water partition coefficient (Wildman–Crippen LogP) is 3.18. The maximum Gasteiger partial charge on any atom is 0.231 e. The third kappa shape index (κ3) is 5.98. The third-order valence-corrected chi connectivity index (χ3v) is 3.95. The number of benzene rings is 1.